The van der Waals surface area contributed by atoms with E-state index in [4.69, 9.17) is 0 Å². The minimum atomic E-state index is -0.426. The number of ketones is 1. The van der Waals surface area contributed by atoms with Crippen LogP contribution in [0.15, 0.2) is 109 Å². The molecule has 0 bridgehead atoms. The molecule has 0 aliphatic heterocycles. The second-order valence-electron chi connectivity index (χ2n) is 6.71. The summed E-state index contributed by atoms with van der Waals surface area (Å²) in [6.45, 7) is 4.44. The highest BCUT2D eigenvalue weighted by Crippen LogP contribution is 2.38. The fraction of sp³-hybridized carbons (Fsp3) is 0.0800. The smallest absolute Gasteiger partial charge is 0.192 e. The Kier molecular flexibility index (Phi) is 6.20. The number of rotatable bonds is 8. The summed E-state index contributed by atoms with van der Waals surface area (Å²) in [4.78, 5) is 13.4. The van der Waals surface area contributed by atoms with Gasteiger partial charge < -0.3 is 0 Å². The van der Waals surface area contributed by atoms with Crippen molar-refractivity contribution in [3.05, 3.63) is 115 Å². The molecule has 30 heavy (non-hydrogen) atoms. The van der Waals surface area contributed by atoms with Crippen molar-refractivity contribution in [3.8, 4) is 11.4 Å². The maximum Gasteiger partial charge on any atom is 0.192 e. The van der Waals surface area contributed by atoms with Gasteiger partial charge in [-0.05, 0) is 5.56 Å². The number of carbonyl (C=O) groups excluding carboxylic acids is 1. The van der Waals surface area contributed by atoms with Crippen LogP contribution in [0.1, 0.15) is 21.2 Å². The van der Waals surface area contributed by atoms with E-state index in [0.717, 1.165) is 17.0 Å². The van der Waals surface area contributed by atoms with E-state index >= 15 is 0 Å². The van der Waals surface area contributed by atoms with Crippen LogP contribution in [0.2, 0.25) is 0 Å². The maximum atomic E-state index is 13.4. The number of Topliss-reactive ketones (excluding diaryl/α,β-unsaturated/α-hetero) is 1. The molecule has 0 radical (unpaired) electrons. The van der Waals surface area contributed by atoms with Crippen molar-refractivity contribution in [2.75, 3.05) is 0 Å². The van der Waals surface area contributed by atoms with Gasteiger partial charge in [0.15, 0.2) is 16.8 Å². The molecule has 0 spiro atoms. The molecule has 0 aliphatic rings. The molecule has 0 N–H and O–H groups in total. The lowest BCUT2D eigenvalue weighted by Gasteiger charge is -2.16. The van der Waals surface area contributed by atoms with E-state index in [0.29, 0.717) is 17.3 Å². The predicted molar refractivity (Wildman–Crippen MR) is 121 cm³/mol. The molecule has 1 aromatic heterocycles. The molecule has 0 aliphatic carbocycles. The van der Waals surface area contributed by atoms with Crippen molar-refractivity contribution in [2.24, 2.45) is 0 Å². The fourth-order valence-electron chi connectivity index (χ4n) is 3.23. The first-order valence-corrected chi connectivity index (χ1v) is 10.6. The summed E-state index contributed by atoms with van der Waals surface area (Å²) < 4.78 is 2.00. The normalized spacial score (nSPS) is 11.7. The van der Waals surface area contributed by atoms with E-state index in [1.54, 1.807) is 0 Å². The van der Waals surface area contributed by atoms with Crippen molar-refractivity contribution in [2.45, 2.75) is 17.0 Å². The minimum absolute atomic E-state index is 0.0428. The molecular weight excluding hydrogens is 390 g/mol. The molecule has 4 rings (SSSR count). The summed E-state index contributed by atoms with van der Waals surface area (Å²) in [5, 5.41) is 9.11. The van der Waals surface area contributed by atoms with Crippen LogP contribution in [0, 0.1) is 0 Å². The number of allylic oxidation sites excluding steroid dienone is 1. The molecule has 5 heteroatoms. The highest BCUT2D eigenvalue weighted by molar-refractivity contribution is 8.00. The van der Waals surface area contributed by atoms with Gasteiger partial charge in [-0.2, -0.15) is 0 Å². The van der Waals surface area contributed by atoms with Gasteiger partial charge in [0.25, 0.3) is 0 Å². The standard InChI is InChI=1S/C25H21N3OS/c1-2-18-28-24(21-16-10-5-11-17-21)26-27-25(28)30-23(20-14-8-4-9-15-20)22(29)19-12-6-3-7-13-19/h2-17,23H,1,18H2/t23-/m0/s1. The second kappa shape index (κ2) is 9.37. The number of benzene rings is 3. The minimum Gasteiger partial charge on any atom is -0.298 e. The van der Waals surface area contributed by atoms with E-state index in [9.17, 15) is 4.79 Å². The van der Waals surface area contributed by atoms with Crippen LogP contribution >= 0.6 is 11.8 Å². The molecule has 1 atom stereocenters. The Morgan fingerprint density at radius 3 is 2.13 bits per heavy atom. The Bertz CT molecular complexity index is 1130. The highest BCUT2D eigenvalue weighted by atomic mass is 32.2. The molecule has 4 aromatic rings. The number of aromatic nitrogens is 3. The third kappa shape index (κ3) is 4.26. The zero-order valence-electron chi connectivity index (χ0n) is 16.4. The molecule has 0 amide bonds. The van der Waals surface area contributed by atoms with Gasteiger partial charge in [-0.15, -0.1) is 16.8 Å². The Hall–Kier alpha value is -3.44. The zero-order chi connectivity index (χ0) is 20.8. The first-order valence-electron chi connectivity index (χ1n) is 9.68. The van der Waals surface area contributed by atoms with Gasteiger partial charge in [0.1, 0.15) is 5.25 Å². The summed E-state index contributed by atoms with van der Waals surface area (Å²) in [6.07, 6.45) is 1.82. The first-order chi connectivity index (χ1) is 14.8. The maximum absolute atomic E-state index is 13.4. The summed E-state index contributed by atoms with van der Waals surface area (Å²) >= 11 is 1.42. The number of carbonyl (C=O) groups is 1. The fourth-order valence-corrected chi connectivity index (χ4v) is 4.35. The van der Waals surface area contributed by atoms with Gasteiger partial charge in [0.05, 0.1) is 0 Å². The SMILES string of the molecule is C=CCn1c(S[C@H](C(=O)c2ccccc2)c2ccccc2)nnc1-c1ccccc1. The molecule has 1 heterocycles. The van der Waals surface area contributed by atoms with E-state index in [-0.39, 0.29) is 5.78 Å². The average molecular weight is 412 g/mol. The van der Waals surface area contributed by atoms with Gasteiger partial charge in [0.2, 0.25) is 0 Å². The van der Waals surface area contributed by atoms with Crippen LogP contribution in [0.5, 0.6) is 0 Å². The molecule has 0 unspecified atom stereocenters. The number of hydrogen-bond donors (Lipinski definition) is 0. The second-order valence-corrected chi connectivity index (χ2v) is 7.78. The van der Waals surface area contributed by atoms with E-state index in [1.165, 1.54) is 11.8 Å². The van der Waals surface area contributed by atoms with Crippen LogP contribution < -0.4 is 0 Å². The van der Waals surface area contributed by atoms with E-state index < -0.39 is 5.25 Å². The van der Waals surface area contributed by atoms with E-state index in [1.807, 2.05) is 102 Å². The van der Waals surface area contributed by atoms with Crippen molar-refractivity contribution in [1.82, 2.24) is 14.8 Å². The van der Waals surface area contributed by atoms with Gasteiger partial charge in [-0.1, -0.05) is 109 Å². The van der Waals surface area contributed by atoms with Crippen molar-refractivity contribution >= 4 is 17.5 Å². The van der Waals surface area contributed by atoms with Crippen LogP contribution in [0.3, 0.4) is 0 Å². The third-order valence-electron chi connectivity index (χ3n) is 4.68. The average Bonchev–Trinajstić information content (AvgIpc) is 3.21. The third-order valence-corrected chi connectivity index (χ3v) is 5.92. The lowest BCUT2D eigenvalue weighted by molar-refractivity contribution is 0.0989. The van der Waals surface area contributed by atoms with Crippen molar-refractivity contribution < 1.29 is 4.79 Å². The molecule has 4 nitrogen and oxygen atoms in total. The first kappa shape index (κ1) is 19.9. The molecule has 0 saturated carbocycles. The Morgan fingerprint density at radius 1 is 0.900 bits per heavy atom. The molecule has 0 saturated heterocycles. The Balaban J connectivity index is 1.74. The number of thioether (sulfide) groups is 1. The van der Waals surface area contributed by atoms with Gasteiger partial charge in [-0.25, -0.2) is 0 Å². The van der Waals surface area contributed by atoms with Crippen molar-refractivity contribution in [1.29, 1.82) is 0 Å². The molecular formula is C25H21N3OS. The molecule has 0 fully saturated rings. The quantitative estimate of drug-likeness (QED) is 0.207. The van der Waals surface area contributed by atoms with Crippen LogP contribution in [-0.2, 0) is 6.54 Å². The topological polar surface area (TPSA) is 47.8 Å². The monoisotopic (exact) mass is 411 g/mol. The highest BCUT2D eigenvalue weighted by Gasteiger charge is 2.26. The summed E-state index contributed by atoms with van der Waals surface area (Å²) in [7, 11) is 0. The Labute approximate surface area is 180 Å². The summed E-state index contributed by atoms with van der Waals surface area (Å²) in [5.41, 5.74) is 2.59. The summed E-state index contributed by atoms with van der Waals surface area (Å²) in [6, 6.07) is 29.1. The molecule has 3 aromatic carbocycles. The van der Waals surface area contributed by atoms with Crippen LogP contribution in [0.4, 0.5) is 0 Å². The van der Waals surface area contributed by atoms with E-state index in [2.05, 4.69) is 16.8 Å². The predicted octanol–water partition coefficient (Wildman–Crippen LogP) is 5.85. The Morgan fingerprint density at radius 2 is 1.50 bits per heavy atom. The largest absolute Gasteiger partial charge is 0.298 e. The zero-order valence-corrected chi connectivity index (χ0v) is 17.2. The molecule has 148 valence electrons. The van der Waals surface area contributed by atoms with Gasteiger partial charge in [0, 0.05) is 17.7 Å². The lowest BCUT2D eigenvalue weighted by atomic mass is 10.0. The van der Waals surface area contributed by atoms with Crippen LogP contribution in [-0.4, -0.2) is 20.5 Å². The van der Waals surface area contributed by atoms with Gasteiger partial charge in [-0.3, -0.25) is 9.36 Å². The van der Waals surface area contributed by atoms with Crippen molar-refractivity contribution in [3.63, 3.8) is 0 Å². The van der Waals surface area contributed by atoms with Crippen LogP contribution in [0.25, 0.3) is 11.4 Å². The van der Waals surface area contributed by atoms with Gasteiger partial charge >= 0.3 is 0 Å². The summed E-state index contributed by atoms with van der Waals surface area (Å²) in [5.74, 6) is 0.804. The number of hydrogen-bond acceptors (Lipinski definition) is 4. The number of nitrogens with zero attached hydrogens (tertiary/aromatic N) is 3. The lowest BCUT2D eigenvalue weighted by Crippen LogP contribution is -2.11.